The number of carbonyl (C=O) groups excluding carboxylic acids is 3. The van der Waals surface area contributed by atoms with E-state index in [-0.39, 0.29) is 32.8 Å². The Morgan fingerprint density at radius 3 is 1.22 bits per heavy atom. The highest BCUT2D eigenvalue weighted by Gasteiger charge is 2.20. The van der Waals surface area contributed by atoms with Crippen LogP contribution in [0.1, 0.15) is 181 Å². The van der Waals surface area contributed by atoms with Gasteiger partial charge in [0.05, 0.1) is 13.2 Å². The predicted octanol–water partition coefficient (Wildman–Crippen LogP) is 12.6. The van der Waals surface area contributed by atoms with Crippen molar-refractivity contribution < 1.29 is 38.1 Å². The molecular formula is C45H79NO8. The summed E-state index contributed by atoms with van der Waals surface area (Å²) in [5, 5.41) is 0. The van der Waals surface area contributed by atoms with Crippen LogP contribution in [0.4, 0.5) is 9.59 Å². The molecule has 0 unspecified atom stereocenters. The van der Waals surface area contributed by atoms with Gasteiger partial charge >= 0.3 is 18.3 Å². The fraction of sp³-hybridized carbons (Fsp3) is 0.756. The number of rotatable bonds is 38. The average Bonchev–Trinajstić information content (AvgIpc) is 3.17. The van der Waals surface area contributed by atoms with Gasteiger partial charge in [0.2, 0.25) is 0 Å². The summed E-state index contributed by atoms with van der Waals surface area (Å²) >= 11 is 0. The number of nitrogens with two attached hydrogens (primary N) is 1. The van der Waals surface area contributed by atoms with Crippen LogP contribution in [0.2, 0.25) is 0 Å². The van der Waals surface area contributed by atoms with Crippen LogP contribution in [0.3, 0.4) is 0 Å². The van der Waals surface area contributed by atoms with E-state index in [2.05, 4.69) is 62.5 Å². The summed E-state index contributed by atoms with van der Waals surface area (Å²) in [6, 6.07) is 0. The molecule has 0 fully saturated rings. The average molecular weight is 762 g/mol. The molecule has 0 spiro atoms. The van der Waals surface area contributed by atoms with Gasteiger partial charge in [-0.3, -0.25) is 4.79 Å². The van der Waals surface area contributed by atoms with Gasteiger partial charge < -0.3 is 29.4 Å². The van der Waals surface area contributed by atoms with Gasteiger partial charge in [-0.2, -0.15) is 0 Å². The maximum Gasteiger partial charge on any atom is 0.508 e. The third kappa shape index (κ3) is 40.1. The Hall–Kier alpha value is -3.07. The lowest BCUT2D eigenvalue weighted by molar-refractivity contribution is -0.154. The van der Waals surface area contributed by atoms with Crippen molar-refractivity contribution in [3.8, 4) is 0 Å². The van der Waals surface area contributed by atoms with Gasteiger partial charge in [-0.1, -0.05) is 140 Å². The zero-order valence-corrected chi connectivity index (χ0v) is 34.5. The van der Waals surface area contributed by atoms with Crippen molar-refractivity contribution in [3.63, 3.8) is 0 Å². The van der Waals surface area contributed by atoms with Crippen LogP contribution in [0, 0.1) is 0 Å². The quantitative estimate of drug-likeness (QED) is 0.0283. The number of carbonyl (C=O) groups is 3. The van der Waals surface area contributed by atoms with Crippen LogP contribution in [-0.2, 0) is 28.5 Å². The molecular weight excluding hydrogens is 682 g/mol. The molecule has 0 rings (SSSR count). The molecule has 0 aromatic heterocycles. The van der Waals surface area contributed by atoms with E-state index in [1.807, 2.05) is 0 Å². The Labute approximate surface area is 329 Å². The molecule has 0 atom stereocenters. The Morgan fingerprint density at radius 2 is 0.833 bits per heavy atom. The highest BCUT2D eigenvalue weighted by Crippen LogP contribution is 2.11. The first-order valence-electron chi connectivity index (χ1n) is 21.6. The van der Waals surface area contributed by atoms with E-state index in [0.717, 1.165) is 77.0 Å². The zero-order chi connectivity index (χ0) is 39.4. The Kier molecular flexibility index (Phi) is 40.2. The maximum atomic E-state index is 12.2. The minimum absolute atomic E-state index is 0.114. The molecule has 0 aromatic carbocycles. The molecule has 9 nitrogen and oxygen atoms in total. The SMILES string of the molecule is CCCCC/C=C\C/C=C\CCCCCCCCOC(=O)OCC(COC(=O)OCCCCCCCC/C=C\C/C=C\CCCCC)OC(=O)CCCN. The Morgan fingerprint density at radius 1 is 0.463 bits per heavy atom. The molecule has 0 heterocycles. The highest BCUT2D eigenvalue weighted by molar-refractivity contribution is 5.69. The van der Waals surface area contributed by atoms with Crippen molar-refractivity contribution in [2.45, 2.75) is 187 Å². The van der Waals surface area contributed by atoms with Crippen LogP contribution in [-0.4, -0.2) is 57.4 Å². The van der Waals surface area contributed by atoms with Crippen LogP contribution >= 0.6 is 0 Å². The van der Waals surface area contributed by atoms with E-state index >= 15 is 0 Å². The van der Waals surface area contributed by atoms with Crippen LogP contribution in [0.25, 0.3) is 0 Å². The summed E-state index contributed by atoms with van der Waals surface area (Å²) in [6.07, 6.45) is 43.2. The molecule has 0 saturated carbocycles. The summed E-state index contributed by atoms with van der Waals surface area (Å²) in [6.45, 7) is 4.72. The van der Waals surface area contributed by atoms with E-state index in [9.17, 15) is 14.4 Å². The Bertz CT molecular complexity index is 911. The van der Waals surface area contributed by atoms with E-state index in [0.29, 0.717) is 13.0 Å². The topological polar surface area (TPSA) is 123 Å². The number of allylic oxidation sites excluding steroid dienone is 8. The monoisotopic (exact) mass is 762 g/mol. The molecule has 0 amide bonds. The second kappa shape index (κ2) is 42.7. The van der Waals surface area contributed by atoms with Gasteiger partial charge in [0, 0.05) is 6.42 Å². The number of hydrogen-bond donors (Lipinski definition) is 1. The highest BCUT2D eigenvalue weighted by atomic mass is 16.7. The minimum Gasteiger partial charge on any atom is -0.455 e. The van der Waals surface area contributed by atoms with Crippen molar-refractivity contribution in [1.82, 2.24) is 0 Å². The third-order valence-electron chi connectivity index (χ3n) is 8.79. The molecule has 9 heteroatoms. The normalized spacial score (nSPS) is 11.8. The standard InChI is InChI=1S/C45H79NO8/c1-3-5-7-9-11-13-15-17-19-21-23-25-27-29-31-33-38-50-44(48)52-40-42(54-43(47)36-35-37-46)41-53-45(49)51-39-34-32-30-28-26-24-22-20-18-16-14-12-10-8-6-4-2/h11-14,17-20,42H,3-10,15-16,21-41,46H2,1-2H3/b13-11-,14-12-,19-17-,20-18-. The fourth-order valence-electron chi connectivity index (χ4n) is 5.50. The smallest absolute Gasteiger partial charge is 0.455 e. The van der Waals surface area contributed by atoms with E-state index in [4.69, 9.17) is 29.4 Å². The predicted molar refractivity (Wildman–Crippen MR) is 221 cm³/mol. The van der Waals surface area contributed by atoms with E-state index in [1.165, 1.54) is 77.0 Å². The lowest BCUT2D eigenvalue weighted by Crippen LogP contribution is -2.31. The second-order valence-electron chi connectivity index (χ2n) is 14.0. The maximum absolute atomic E-state index is 12.2. The molecule has 54 heavy (non-hydrogen) atoms. The number of esters is 1. The zero-order valence-electron chi connectivity index (χ0n) is 34.5. The van der Waals surface area contributed by atoms with E-state index < -0.39 is 24.4 Å². The molecule has 0 aliphatic carbocycles. The molecule has 2 N–H and O–H groups in total. The minimum atomic E-state index is -0.973. The summed E-state index contributed by atoms with van der Waals surface area (Å²) in [4.78, 5) is 36.4. The lowest BCUT2D eigenvalue weighted by atomic mass is 10.1. The van der Waals surface area contributed by atoms with Crippen LogP contribution in [0.15, 0.2) is 48.6 Å². The van der Waals surface area contributed by atoms with Gasteiger partial charge in [-0.05, 0) is 90.0 Å². The van der Waals surface area contributed by atoms with Gasteiger partial charge in [-0.15, -0.1) is 0 Å². The van der Waals surface area contributed by atoms with Gasteiger partial charge in [0.1, 0.15) is 13.2 Å². The first-order valence-corrected chi connectivity index (χ1v) is 21.6. The molecule has 0 radical (unpaired) electrons. The summed E-state index contributed by atoms with van der Waals surface area (Å²) in [5.74, 6) is -0.512. The van der Waals surface area contributed by atoms with Crippen LogP contribution < -0.4 is 5.73 Å². The molecule has 312 valence electrons. The number of hydrogen-bond acceptors (Lipinski definition) is 9. The van der Waals surface area contributed by atoms with Crippen molar-refractivity contribution in [1.29, 1.82) is 0 Å². The second-order valence-corrected chi connectivity index (χ2v) is 14.0. The fourth-order valence-corrected chi connectivity index (χ4v) is 5.50. The summed E-state index contributed by atoms with van der Waals surface area (Å²) in [7, 11) is 0. The van der Waals surface area contributed by atoms with Crippen molar-refractivity contribution >= 4 is 18.3 Å². The van der Waals surface area contributed by atoms with Crippen molar-refractivity contribution in [2.75, 3.05) is 33.0 Å². The van der Waals surface area contributed by atoms with E-state index in [1.54, 1.807) is 0 Å². The Balaban J connectivity index is 4.00. The molecule has 0 aliphatic heterocycles. The molecule has 0 aliphatic rings. The van der Waals surface area contributed by atoms with Crippen molar-refractivity contribution in [3.05, 3.63) is 48.6 Å². The van der Waals surface area contributed by atoms with Gasteiger partial charge in [-0.25, -0.2) is 9.59 Å². The largest absolute Gasteiger partial charge is 0.508 e. The molecule has 0 saturated heterocycles. The van der Waals surface area contributed by atoms with Gasteiger partial charge in [0.15, 0.2) is 6.10 Å². The van der Waals surface area contributed by atoms with Crippen molar-refractivity contribution in [2.24, 2.45) is 5.73 Å². The van der Waals surface area contributed by atoms with Gasteiger partial charge in [0.25, 0.3) is 0 Å². The lowest BCUT2D eigenvalue weighted by Gasteiger charge is -2.18. The number of unbranched alkanes of at least 4 members (excludes halogenated alkanes) is 18. The molecule has 0 aromatic rings. The third-order valence-corrected chi connectivity index (χ3v) is 8.79. The molecule has 0 bridgehead atoms. The summed E-state index contributed by atoms with van der Waals surface area (Å²) in [5.41, 5.74) is 5.49. The number of ether oxygens (including phenoxy) is 5. The van der Waals surface area contributed by atoms with Crippen LogP contribution in [0.5, 0.6) is 0 Å². The first-order chi connectivity index (χ1) is 26.5. The summed E-state index contributed by atoms with van der Waals surface area (Å²) < 4.78 is 26.0. The first kappa shape index (κ1) is 50.9.